The molecule has 3 N–H and O–H groups in total. The molecule has 7 heterocycles. The number of hydrogen-bond acceptors (Lipinski definition) is 15. The minimum Gasteiger partial charge on any atom is -0.355 e. The molecule has 0 spiro atoms. The molecule has 0 radical (unpaired) electrons. The smallest absolute Gasteiger partial charge is 0.355 e. The van der Waals surface area contributed by atoms with Gasteiger partial charge >= 0.3 is 6.18 Å². The van der Waals surface area contributed by atoms with Gasteiger partial charge in [-0.1, -0.05) is 71.9 Å². The van der Waals surface area contributed by atoms with E-state index in [0.29, 0.717) is 114 Å². The number of sulfonamides is 2. The lowest BCUT2D eigenvalue weighted by atomic mass is 9.80. The van der Waals surface area contributed by atoms with Gasteiger partial charge in [-0.15, -0.1) is 0 Å². The predicted molar refractivity (Wildman–Crippen MR) is 310 cm³/mol. The van der Waals surface area contributed by atoms with E-state index >= 15 is 0 Å². The topological polar surface area (TPSA) is 230 Å². The zero-order valence-electron chi connectivity index (χ0n) is 45.4. The van der Waals surface area contributed by atoms with Crippen molar-refractivity contribution in [2.75, 3.05) is 87.5 Å². The molecule has 0 saturated carbocycles. The summed E-state index contributed by atoms with van der Waals surface area (Å²) in [7, 11) is -7.08. The lowest BCUT2D eigenvalue weighted by Crippen LogP contribution is -2.54. The third-order valence-corrected chi connectivity index (χ3v) is 19.9. The van der Waals surface area contributed by atoms with Crippen molar-refractivity contribution in [1.29, 1.82) is 5.26 Å². The molecule has 19 nitrogen and oxygen atoms in total. The Kier molecular flexibility index (Phi) is 19.0. The second kappa shape index (κ2) is 25.3. The number of nitrogens with zero attached hydrogens (tertiary/aromatic N) is 13. The van der Waals surface area contributed by atoms with Gasteiger partial charge < -0.3 is 19.6 Å². The van der Waals surface area contributed by atoms with E-state index in [1.165, 1.54) is 16.9 Å². The number of hydrogen-bond donors (Lipinski definition) is 2. The quantitative estimate of drug-likeness (QED) is 0.0576. The fourth-order valence-corrected chi connectivity index (χ4v) is 13.6. The molecule has 3 fully saturated rings. The molecule has 438 valence electrons. The number of piperidine rings is 1. The second-order valence-electron chi connectivity index (χ2n) is 22.0. The van der Waals surface area contributed by atoms with E-state index in [-0.39, 0.29) is 46.0 Å². The lowest BCUT2D eigenvalue weighted by Gasteiger charge is -2.47. The van der Waals surface area contributed by atoms with Crippen LogP contribution in [0.15, 0.2) is 48.8 Å². The summed E-state index contributed by atoms with van der Waals surface area (Å²) in [6.07, 6.45) is 2.79. The summed E-state index contributed by atoms with van der Waals surface area (Å²) in [5, 5.41) is 25.4. The number of primary sulfonamides is 1. The van der Waals surface area contributed by atoms with E-state index in [0.717, 1.165) is 51.0 Å². The molecule has 28 heteroatoms. The van der Waals surface area contributed by atoms with Gasteiger partial charge in [0, 0.05) is 72.4 Å². The largest absolute Gasteiger partial charge is 0.437 e. The maximum atomic E-state index is 14.3. The van der Waals surface area contributed by atoms with Crippen molar-refractivity contribution in [2.24, 2.45) is 28.8 Å². The van der Waals surface area contributed by atoms with Crippen LogP contribution in [-0.2, 0) is 26.2 Å². The lowest BCUT2D eigenvalue weighted by molar-refractivity contribution is -0.140. The van der Waals surface area contributed by atoms with Gasteiger partial charge in [-0.2, -0.15) is 28.6 Å². The van der Waals surface area contributed by atoms with Gasteiger partial charge in [0.2, 0.25) is 20.0 Å². The number of fused-ring (bicyclic) bond motifs is 2. The van der Waals surface area contributed by atoms with Gasteiger partial charge in [0.15, 0.2) is 22.7 Å². The normalized spacial score (nSPS) is 18.2. The highest BCUT2D eigenvalue weighted by Crippen LogP contribution is 2.40. The van der Waals surface area contributed by atoms with Crippen molar-refractivity contribution in [3.8, 4) is 6.07 Å². The molecule has 3 aliphatic rings. The molecule has 81 heavy (non-hydrogen) atoms. The van der Waals surface area contributed by atoms with E-state index in [1.54, 1.807) is 55.9 Å². The Bertz CT molecular complexity index is 3500. The molecule has 3 saturated heterocycles. The van der Waals surface area contributed by atoms with Crippen LogP contribution in [-0.4, -0.2) is 149 Å². The standard InChI is InChI=1S/C53H66Cl4F3N15O4S2/c1-5-34(20-45(41-12-10-39(55)22-43(41)57)75-51-48(44(23-61)68-75)63-24-47(66-51)73-30-37(31-73)36-8-6-15-70(29-36)16-7-19-80(62,76)77)26-71(18-14-65-81(78,79)32(2)3)17-13-35-27-72(28-35)46-25-64-49-50(53(58,59)60)69-74(52(49)67-46)33(4)40-11-9-38(54)21-42(40)56/h9-12,21-22,24-25,32-37,45,65H,5-8,13-20,26-31H2,1-4H3,(H2,62,76,77). The Hall–Kier alpha value is -4.68. The van der Waals surface area contributed by atoms with Crippen molar-refractivity contribution in [3.63, 3.8) is 0 Å². The van der Waals surface area contributed by atoms with E-state index in [1.807, 2.05) is 11.0 Å². The van der Waals surface area contributed by atoms with Gasteiger partial charge in [-0.3, -0.25) is 0 Å². The Morgan fingerprint density at radius 1 is 0.840 bits per heavy atom. The number of benzene rings is 2. The van der Waals surface area contributed by atoms with Crippen LogP contribution >= 0.6 is 46.4 Å². The van der Waals surface area contributed by atoms with Gasteiger partial charge in [-0.05, 0) is 132 Å². The first-order valence-electron chi connectivity index (χ1n) is 27.2. The average Bonchev–Trinajstić information content (AvgIpc) is 4.03. The molecule has 0 amide bonds. The van der Waals surface area contributed by atoms with Crippen molar-refractivity contribution < 1.29 is 30.0 Å². The maximum Gasteiger partial charge on any atom is 0.437 e. The molecule has 4 unspecified atom stereocenters. The number of nitrogens with two attached hydrogens (primary N) is 1. The third kappa shape index (κ3) is 14.3. The van der Waals surface area contributed by atoms with Gasteiger partial charge in [0.05, 0.1) is 35.5 Å². The average molecular weight is 1240 g/mol. The monoisotopic (exact) mass is 1240 g/mol. The van der Waals surface area contributed by atoms with Gasteiger partial charge in [-0.25, -0.2) is 56.0 Å². The molecule has 4 aromatic heterocycles. The number of aromatic nitrogens is 8. The van der Waals surface area contributed by atoms with Crippen molar-refractivity contribution >= 4 is 100 Å². The minimum atomic E-state index is -4.79. The maximum absolute atomic E-state index is 14.3. The van der Waals surface area contributed by atoms with E-state index in [4.69, 9.17) is 71.6 Å². The Morgan fingerprint density at radius 3 is 2.07 bits per heavy atom. The van der Waals surface area contributed by atoms with E-state index in [2.05, 4.69) is 42.5 Å². The van der Waals surface area contributed by atoms with Crippen LogP contribution in [0.2, 0.25) is 20.1 Å². The van der Waals surface area contributed by atoms with Crippen LogP contribution in [0.25, 0.3) is 22.3 Å². The highest BCUT2D eigenvalue weighted by molar-refractivity contribution is 7.90. The molecular weight excluding hydrogens is 1170 g/mol. The Labute approximate surface area is 490 Å². The van der Waals surface area contributed by atoms with Gasteiger partial charge in [0.1, 0.15) is 28.7 Å². The van der Waals surface area contributed by atoms with Crippen molar-refractivity contribution in [2.45, 2.75) is 89.7 Å². The Balaban J connectivity index is 0.922. The first-order chi connectivity index (χ1) is 38.4. The summed E-state index contributed by atoms with van der Waals surface area (Å²) < 4.78 is 97.7. The van der Waals surface area contributed by atoms with Crippen LogP contribution < -0.4 is 19.7 Å². The van der Waals surface area contributed by atoms with Crippen LogP contribution in [0.4, 0.5) is 24.8 Å². The third-order valence-electron chi connectivity index (χ3n) is 16.0. The summed E-state index contributed by atoms with van der Waals surface area (Å²) in [5.74, 6) is 2.04. The summed E-state index contributed by atoms with van der Waals surface area (Å²) in [6.45, 7) is 13.9. The summed E-state index contributed by atoms with van der Waals surface area (Å²) in [5.41, 5.74) is 0.592. The number of anilines is 2. The number of nitriles is 1. The summed E-state index contributed by atoms with van der Waals surface area (Å²) >= 11 is 26.1. The van der Waals surface area contributed by atoms with E-state index in [9.17, 15) is 35.3 Å². The number of likely N-dealkylation sites (tertiary alicyclic amines) is 1. The first kappa shape index (κ1) is 60.9. The SMILES string of the molecule is CCC(CC(c1ccc(Cl)cc1Cl)n1nc(C#N)c2ncc(N3CC(C4CCCN(CCCS(N)(=O)=O)C4)C3)nc21)CN(CCNS(=O)(=O)C(C)C)CCC1CN(c2cnc3c(C(F)(F)F)nn(C(C)c4ccc(Cl)cc4Cl)c3n2)C1. The molecule has 0 bridgehead atoms. The van der Waals surface area contributed by atoms with Crippen LogP contribution in [0, 0.1) is 35.0 Å². The highest BCUT2D eigenvalue weighted by atomic mass is 35.5. The van der Waals surface area contributed by atoms with Crippen molar-refractivity contribution in [1.82, 2.24) is 54.0 Å². The molecule has 4 atom stereocenters. The molecular formula is C53H66Cl4F3N15O4S2. The van der Waals surface area contributed by atoms with Crippen molar-refractivity contribution in [3.05, 3.63) is 91.4 Å². The minimum absolute atomic E-state index is 0.0215. The highest BCUT2D eigenvalue weighted by Gasteiger charge is 2.41. The number of rotatable bonds is 24. The fourth-order valence-electron chi connectivity index (χ4n) is 11.3. The summed E-state index contributed by atoms with van der Waals surface area (Å²) in [6, 6.07) is 11.0. The zero-order chi connectivity index (χ0) is 58.1. The number of nitrogens with one attached hydrogen (secondary N) is 1. The first-order valence-corrected chi connectivity index (χ1v) is 32.0. The summed E-state index contributed by atoms with van der Waals surface area (Å²) in [4.78, 5) is 27.6. The molecule has 2 aromatic carbocycles. The number of alkyl halides is 3. The predicted octanol–water partition coefficient (Wildman–Crippen LogP) is 9.07. The van der Waals surface area contributed by atoms with E-state index < -0.39 is 49.3 Å². The van der Waals surface area contributed by atoms with Crippen LogP contribution in [0.5, 0.6) is 0 Å². The second-order valence-corrected chi connectivity index (χ2v) is 27.7. The number of halogens is 7. The van der Waals surface area contributed by atoms with Crippen LogP contribution in [0.3, 0.4) is 0 Å². The van der Waals surface area contributed by atoms with Gasteiger partial charge in [0.25, 0.3) is 0 Å². The molecule has 3 aliphatic heterocycles. The fraction of sp³-hybridized carbons (Fsp3) is 0.566. The Morgan fingerprint density at radius 2 is 1.47 bits per heavy atom. The van der Waals surface area contributed by atoms with Crippen LogP contribution in [0.1, 0.15) is 101 Å². The molecule has 6 aromatic rings. The zero-order valence-corrected chi connectivity index (χ0v) is 50.0. The molecule has 0 aliphatic carbocycles. The molecule has 9 rings (SSSR count).